The van der Waals surface area contributed by atoms with E-state index >= 15 is 0 Å². The molecule has 50 heavy (non-hydrogen) atoms. The molecular formula is C46H86N2O2. The Morgan fingerprint density at radius 1 is 0.560 bits per heavy atom. The molecule has 1 aliphatic heterocycles. The molecule has 2 N–H and O–H groups in total. The van der Waals surface area contributed by atoms with Crippen molar-refractivity contribution >= 4 is 0 Å². The quantitative estimate of drug-likeness (QED) is 0.0505. The van der Waals surface area contributed by atoms with Crippen molar-refractivity contribution in [3.63, 3.8) is 0 Å². The molecule has 1 heterocycles. The smallest absolute Gasteiger partial charge is 0.168 e. The number of hydrogen-bond donors (Lipinski definition) is 2. The summed E-state index contributed by atoms with van der Waals surface area (Å²) in [6.45, 7) is 13.8. The maximum absolute atomic E-state index is 6.73. The summed E-state index contributed by atoms with van der Waals surface area (Å²) >= 11 is 0. The number of nitrogens with one attached hydrogen (secondary N) is 2. The van der Waals surface area contributed by atoms with Crippen molar-refractivity contribution in [2.75, 3.05) is 19.7 Å². The monoisotopic (exact) mass is 699 g/mol. The second kappa shape index (κ2) is 34.9. The van der Waals surface area contributed by atoms with Crippen molar-refractivity contribution in [1.29, 1.82) is 0 Å². The van der Waals surface area contributed by atoms with E-state index in [1.807, 2.05) is 0 Å². The van der Waals surface area contributed by atoms with Crippen LogP contribution in [0.4, 0.5) is 0 Å². The van der Waals surface area contributed by atoms with Crippen LogP contribution in [0.25, 0.3) is 0 Å². The molecule has 292 valence electrons. The van der Waals surface area contributed by atoms with Crippen LogP contribution < -0.4 is 10.6 Å². The zero-order valence-electron chi connectivity index (χ0n) is 34.2. The molecule has 0 amide bonds. The number of hydrogen-bond acceptors (Lipinski definition) is 4. The molecule has 1 aliphatic rings. The van der Waals surface area contributed by atoms with Crippen LogP contribution in [0.3, 0.4) is 0 Å². The Hall–Kier alpha value is -1.20. The topological polar surface area (TPSA) is 42.5 Å². The Kier molecular flexibility index (Phi) is 32.6. The van der Waals surface area contributed by atoms with Gasteiger partial charge in [-0.3, -0.25) is 0 Å². The highest BCUT2D eigenvalue weighted by atomic mass is 16.7. The van der Waals surface area contributed by atoms with Crippen LogP contribution in [-0.2, 0) is 9.47 Å². The average molecular weight is 699 g/mol. The van der Waals surface area contributed by atoms with Crippen LogP contribution >= 0.6 is 0 Å². The Morgan fingerprint density at radius 2 is 0.980 bits per heavy atom. The van der Waals surface area contributed by atoms with Gasteiger partial charge in [0.2, 0.25) is 0 Å². The van der Waals surface area contributed by atoms with Gasteiger partial charge in [0.15, 0.2) is 5.79 Å². The lowest BCUT2D eigenvalue weighted by Gasteiger charge is -2.29. The normalized spacial score (nSPS) is 17.2. The maximum Gasteiger partial charge on any atom is 0.168 e. The van der Waals surface area contributed by atoms with Crippen LogP contribution in [0.5, 0.6) is 0 Å². The SMILES string of the molecule is CCCCC/C=C\C/C=C\CCCCCCCCC1(CCCCCCCC/C=C\C/C=C\CCCCC)OCC(CNCC(C)NC(C)C)O1. The summed E-state index contributed by atoms with van der Waals surface area (Å²) < 4.78 is 13.3. The summed E-state index contributed by atoms with van der Waals surface area (Å²) in [4.78, 5) is 0. The molecule has 0 aromatic carbocycles. The van der Waals surface area contributed by atoms with Crippen molar-refractivity contribution in [2.45, 2.75) is 226 Å². The molecule has 2 atom stereocenters. The van der Waals surface area contributed by atoms with E-state index in [9.17, 15) is 0 Å². The van der Waals surface area contributed by atoms with E-state index in [0.717, 1.165) is 45.4 Å². The van der Waals surface area contributed by atoms with E-state index in [-0.39, 0.29) is 11.9 Å². The Balaban J connectivity index is 2.27. The average Bonchev–Trinajstić information content (AvgIpc) is 3.50. The summed E-state index contributed by atoms with van der Waals surface area (Å²) in [6, 6.07) is 0.965. The number of rotatable bonds is 36. The maximum atomic E-state index is 6.73. The third kappa shape index (κ3) is 29.4. The molecule has 0 radical (unpaired) electrons. The van der Waals surface area contributed by atoms with E-state index in [0.29, 0.717) is 12.1 Å². The molecule has 4 nitrogen and oxygen atoms in total. The van der Waals surface area contributed by atoms with Crippen molar-refractivity contribution in [2.24, 2.45) is 0 Å². The van der Waals surface area contributed by atoms with Gasteiger partial charge in [0.25, 0.3) is 0 Å². The van der Waals surface area contributed by atoms with E-state index in [4.69, 9.17) is 9.47 Å². The molecular weight excluding hydrogens is 613 g/mol. The van der Waals surface area contributed by atoms with Crippen LogP contribution in [0.1, 0.15) is 202 Å². The predicted octanol–water partition coefficient (Wildman–Crippen LogP) is 13.5. The molecule has 0 aromatic heterocycles. The first-order valence-electron chi connectivity index (χ1n) is 21.9. The third-order valence-electron chi connectivity index (χ3n) is 9.87. The first-order chi connectivity index (χ1) is 24.5. The highest BCUT2D eigenvalue weighted by molar-refractivity contribution is 4.93. The minimum Gasteiger partial charge on any atom is -0.347 e. The summed E-state index contributed by atoms with van der Waals surface area (Å²) in [6.07, 6.45) is 51.9. The lowest BCUT2D eigenvalue weighted by molar-refractivity contribution is -0.179. The van der Waals surface area contributed by atoms with Crippen molar-refractivity contribution in [3.8, 4) is 0 Å². The van der Waals surface area contributed by atoms with Crippen molar-refractivity contribution < 1.29 is 9.47 Å². The van der Waals surface area contributed by atoms with Crippen LogP contribution in [0, 0.1) is 0 Å². The second-order valence-electron chi connectivity index (χ2n) is 15.5. The Bertz CT molecular complexity index is 784. The number of ether oxygens (including phenoxy) is 2. The number of unbranched alkanes of at least 4 members (excludes halogenated alkanes) is 18. The Labute approximate surface area is 313 Å². The van der Waals surface area contributed by atoms with E-state index in [1.54, 1.807) is 0 Å². The van der Waals surface area contributed by atoms with Crippen molar-refractivity contribution in [1.82, 2.24) is 10.6 Å². The van der Waals surface area contributed by atoms with Gasteiger partial charge < -0.3 is 20.1 Å². The van der Waals surface area contributed by atoms with Gasteiger partial charge in [0.05, 0.1) is 12.7 Å². The molecule has 2 unspecified atom stereocenters. The Morgan fingerprint density at radius 3 is 1.42 bits per heavy atom. The summed E-state index contributed by atoms with van der Waals surface area (Å²) in [5, 5.41) is 7.22. The summed E-state index contributed by atoms with van der Waals surface area (Å²) in [5.74, 6) is -0.362. The van der Waals surface area contributed by atoms with E-state index < -0.39 is 0 Å². The molecule has 4 heteroatoms. The fourth-order valence-corrected chi connectivity index (χ4v) is 6.96. The van der Waals surface area contributed by atoms with Gasteiger partial charge in [0.1, 0.15) is 0 Å². The van der Waals surface area contributed by atoms with Gasteiger partial charge in [0, 0.05) is 38.0 Å². The van der Waals surface area contributed by atoms with Crippen molar-refractivity contribution in [3.05, 3.63) is 48.6 Å². The number of allylic oxidation sites excluding steroid dienone is 8. The zero-order valence-corrected chi connectivity index (χ0v) is 34.2. The van der Waals surface area contributed by atoms with E-state index in [2.05, 4.69) is 93.9 Å². The standard InChI is InChI=1S/C46H86N2O2/c1-6-8-10-12-14-16-18-20-22-24-26-28-30-32-34-36-38-46(49-42-45(50-46)41-47-40-44(5)48-43(3)4)39-37-35-33-31-29-27-25-23-21-19-17-15-13-11-9-7-2/h14-17,20-23,43-45,47-48H,6-13,18-19,24-42H2,1-5H3/b16-14-,17-15-,22-20-,23-21-. The van der Waals surface area contributed by atoms with Crippen LogP contribution in [0.2, 0.25) is 0 Å². The van der Waals surface area contributed by atoms with Gasteiger partial charge in [-0.1, -0.05) is 153 Å². The summed E-state index contributed by atoms with van der Waals surface area (Å²) in [5.41, 5.74) is 0. The third-order valence-corrected chi connectivity index (χ3v) is 9.87. The predicted molar refractivity (Wildman–Crippen MR) is 222 cm³/mol. The molecule has 0 saturated carbocycles. The molecule has 0 bridgehead atoms. The lowest BCUT2D eigenvalue weighted by Crippen LogP contribution is -2.42. The zero-order chi connectivity index (χ0) is 36.2. The lowest BCUT2D eigenvalue weighted by atomic mass is 9.98. The van der Waals surface area contributed by atoms with Gasteiger partial charge in [-0.15, -0.1) is 0 Å². The summed E-state index contributed by atoms with van der Waals surface area (Å²) in [7, 11) is 0. The first kappa shape index (κ1) is 46.8. The highest BCUT2D eigenvalue weighted by Crippen LogP contribution is 2.34. The highest BCUT2D eigenvalue weighted by Gasteiger charge is 2.40. The van der Waals surface area contributed by atoms with Crippen LogP contribution in [0.15, 0.2) is 48.6 Å². The molecule has 0 spiro atoms. The fraction of sp³-hybridized carbons (Fsp3) is 0.826. The molecule has 0 aromatic rings. The first-order valence-corrected chi connectivity index (χ1v) is 21.9. The minimum atomic E-state index is -0.362. The minimum absolute atomic E-state index is 0.162. The fourth-order valence-electron chi connectivity index (χ4n) is 6.96. The van der Waals surface area contributed by atoms with Gasteiger partial charge >= 0.3 is 0 Å². The van der Waals surface area contributed by atoms with Crippen LogP contribution in [-0.4, -0.2) is 43.7 Å². The van der Waals surface area contributed by atoms with Gasteiger partial charge in [-0.05, 0) is 84.0 Å². The van der Waals surface area contributed by atoms with Gasteiger partial charge in [-0.25, -0.2) is 0 Å². The molecule has 1 rings (SSSR count). The largest absolute Gasteiger partial charge is 0.347 e. The second-order valence-corrected chi connectivity index (χ2v) is 15.5. The van der Waals surface area contributed by atoms with Gasteiger partial charge in [-0.2, -0.15) is 0 Å². The van der Waals surface area contributed by atoms with E-state index in [1.165, 1.54) is 141 Å². The molecule has 1 saturated heterocycles. The molecule has 1 fully saturated rings. The molecule has 0 aliphatic carbocycles.